The fourth-order valence-corrected chi connectivity index (χ4v) is 4.94. The minimum absolute atomic E-state index is 0.220. The fourth-order valence-electron chi connectivity index (χ4n) is 3.13. The monoisotopic (exact) mass is 482 g/mol. The molecule has 5 N–H and O–H groups in total. The number of hydrogen-bond acceptors (Lipinski definition) is 8. The number of carbonyl (C=O) groups is 2. The zero-order valence-electron chi connectivity index (χ0n) is 18.2. The lowest BCUT2D eigenvalue weighted by Crippen LogP contribution is -2.24. The van der Waals surface area contributed by atoms with Gasteiger partial charge in [0.2, 0.25) is 0 Å². The van der Waals surface area contributed by atoms with E-state index in [9.17, 15) is 9.59 Å². The van der Waals surface area contributed by atoms with Crippen LogP contribution in [0.1, 0.15) is 23.1 Å². The molecule has 0 spiro atoms. The summed E-state index contributed by atoms with van der Waals surface area (Å²) in [5, 5.41) is 15.3. The lowest BCUT2D eigenvalue weighted by atomic mass is 10.1. The standard InChI is InChI=1S/C21H22N8O2S2/c1-4-29-15(8-11(2)28-29)18(30)24-13-7-5-6-12(9-13)14-10-32-19(25-14)16-17(22)26-21(33-16)27-20(31)23-3/h5-10H,4,22H2,1-3H3,(H,24,30)(H2,23,26,27,31). The van der Waals surface area contributed by atoms with Crippen molar-refractivity contribution >= 4 is 51.2 Å². The maximum absolute atomic E-state index is 12.7. The molecule has 12 heteroatoms. The average molecular weight is 483 g/mol. The molecule has 0 fully saturated rings. The quantitative estimate of drug-likeness (QED) is 0.327. The Bertz CT molecular complexity index is 1320. The van der Waals surface area contributed by atoms with Crippen molar-refractivity contribution in [3.63, 3.8) is 0 Å². The van der Waals surface area contributed by atoms with Crippen molar-refractivity contribution in [2.75, 3.05) is 23.4 Å². The van der Waals surface area contributed by atoms with Gasteiger partial charge in [0.25, 0.3) is 5.91 Å². The summed E-state index contributed by atoms with van der Waals surface area (Å²) in [5.41, 5.74) is 9.59. The number of carbonyl (C=O) groups excluding carboxylic acids is 2. The molecule has 0 atom stereocenters. The number of anilines is 3. The van der Waals surface area contributed by atoms with Gasteiger partial charge in [0.1, 0.15) is 21.4 Å². The van der Waals surface area contributed by atoms with Gasteiger partial charge in [0.05, 0.1) is 11.4 Å². The van der Waals surface area contributed by atoms with Crippen LogP contribution in [0, 0.1) is 6.92 Å². The van der Waals surface area contributed by atoms with E-state index in [0.29, 0.717) is 38.8 Å². The first-order valence-electron chi connectivity index (χ1n) is 10.0. The summed E-state index contributed by atoms with van der Waals surface area (Å²) < 4.78 is 1.67. The number of benzene rings is 1. The van der Waals surface area contributed by atoms with E-state index in [4.69, 9.17) is 5.73 Å². The average Bonchev–Trinajstić information content (AvgIpc) is 3.52. The number of nitrogens with two attached hydrogens (primary N) is 1. The van der Waals surface area contributed by atoms with Gasteiger partial charge in [0.15, 0.2) is 5.13 Å². The number of aromatic nitrogens is 4. The van der Waals surface area contributed by atoms with Crippen LogP contribution in [-0.2, 0) is 6.54 Å². The number of thiazole rings is 2. The molecule has 4 rings (SSSR count). The van der Waals surface area contributed by atoms with Gasteiger partial charge in [-0.25, -0.2) is 14.8 Å². The van der Waals surface area contributed by atoms with Crippen molar-refractivity contribution in [1.29, 1.82) is 0 Å². The zero-order chi connectivity index (χ0) is 23.5. The minimum atomic E-state index is -0.369. The molecule has 33 heavy (non-hydrogen) atoms. The van der Waals surface area contributed by atoms with Crippen LogP contribution < -0.4 is 21.7 Å². The van der Waals surface area contributed by atoms with E-state index in [2.05, 4.69) is 31.0 Å². The second kappa shape index (κ2) is 9.38. The van der Waals surface area contributed by atoms with Crippen LogP contribution in [0.25, 0.3) is 21.1 Å². The van der Waals surface area contributed by atoms with Crippen LogP contribution in [-0.4, -0.2) is 38.7 Å². The lowest BCUT2D eigenvalue weighted by Gasteiger charge is -2.08. The van der Waals surface area contributed by atoms with E-state index >= 15 is 0 Å². The normalized spacial score (nSPS) is 10.8. The number of rotatable bonds is 6. The zero-order valence-corrected chi connectivity index (χ0v) is 19.8. The molecule has 170 valence electrons. The molecule has 3 heterocycles. The van der Waals surface area contributed by atoms with Gasteiger partial charge in [-0.05, 0) is 32.0 Å². The molecule has 0 aliphatic carbocycles. The Labute approximate surface area is 197 Å². The fraction of sp³-hybridized carbons (Fsp3) is 0.190. The van der Waals surface area contributed by atoms with Crippen LogP contribution in [0.4, 0.5) is 21.4 Å². The van der Waals surface area contributed by atoms with Crippen molar-refractivity contribution in [2.45, 2.75) is 20.4 Å². The predicted molar refractivity (Wildman–Crippen MR) is 132 cm³/mol. The Morgan fingerprint density at radius 1 is 1.18 bits per heavy atom. The first-order chi connectivity index (χ1) is 15.9. The van der Waals surface area contributed by atoms with Crippen molar-refractivity contribution in [1.82, 2.24) is 25.1 Å². The highest BCUT2D eigenvalue weighted by molar-refractivity contribution is 7.23. The second-order valence-electron chi connectivity index (χ2n) is 7.00. The summed E-state index contributed by atoms with van der Waals surface area (Å²) in [4.78, 5) is 33.8. The first-order valence-corrected chi connectivity index (χ1v) is 11.7. The maximum Gasteiger partial charge on any atom is 0.320 e. The molecule has 3 aromatic heterocycles. The van der Waals surface area contributed by atoms with Crippen molar-refractivity contribution < 1.29 is 9.59 Å². The highest BCUT2D eigenvalue weighted by atomic mass is 32.1. The van der Waals surface area contributed by atoms with Gasteiger partial charge in [0, 0.05) is 30.2 Å². The number of nitrogens with zero attached hydrogens (tertiary/aromatic N) is 4. The van der Waals surface area contributed by atoms with E-state index in [1.54, 1.807) is 10.7 Å². The molecular formula is C21H22N8O2S2. The Balaban J connectivity index is 1.54. The summed E-state index contributed by atoms with van der Waals surface area (Å²) in [7, 11) is 1.52. The van der Waals surface area contributed by atoms with E-state index in [1.807, 2.05) is 43.5 Å². The topological polar surface area (TPSA) is 140 Å². The molecule has 1 aromatic carbocycles. The number of nitrogens with one attached hydrogen (secondary N) is 3. The van der Waals surface area contributed by atoms with Crippen molar-refractivity contribution in [2.24, 2.45) is 0 Å². The maximum atomic E-state index is 12.7. The SMILES string of the molecule is CCn1nc(C)cc1C(=O)Nc1cccc(-c2csc(-c3sc(NC(=O)NC)nc3N)n2)c1. The lowest BCUT2D eigenvalue weighted by molar-refractivity contribution is 0.101. The van der Waals surface area contributed by atoms with Crippen LogP contribution >= 0.6 is 22.7 Å². The predicted octanol–water partition coefficient (Wildman–Crippen LogP) is 4.04. The van der Waals surface area contributed by atoms with Crippen molar-refractivity contribution in [3.05, 3.63) is 47.1 Å². The van der Waals surface area contributed by atoms with Gasteiger partial charge in [-0.1, -0.05) is 23.5 Å². The third kappa shape index (κ3) is 4.86. The van der Waals surface area contributed by atoms with Gasteiger partial charge in [-0.3, -0.25) is 14.8 Å². The largest absolute Gasteiger partial charge is 0.382 e. The molecule has 0 bridgehead atoms. The first kappa shape index (κ1) is 22.4. The van der Waals surface area contributed by atoms with Gasteiger partial charge >= 0.3 is 6.03 Å². The number of nitrogen functional groups attached to an aromatic ring is 1. The third-order valence-electron chi connectivity index (χ3n) is 4.65. The molecule has 0 radical (unpaired) electrons. The Morgan fingerprint density at radius 2 is 2.00 bits per heavy atom. The summed E-state index contributed by atoms with van der Waals surface area (Å²) in [6.45, 7) is 4.41. The highest BCUT2D eigenvalue weighted by Gasteiger charge is 2.17. The molecule has 10 nitrogen and oxygen atoms in total. The van der Waals surface area contributed by atoms with E-state index in [1.165, 1.54) is 29.7 Å². The molecule has 3 amide bonds. The summed E-state index contributed by atoms with van der Waals surface area (Å²) >= 11 is 2.68. The van der Waals surface area contributed by atoms with Crippen LogP contribution in [0.15, 0.2) is 35.7 Å². The van der Waals surface area contributed by atoms with Crippen LogP contribution in [0.5, 0.6) is 0 Å². The molecule has 0 aliphatic heterocycles. The van der Waals surface area contributed by atoms with Gasteiger partial charge < -0.3 is 16.4 Å². The molecule has 0 saturated heterocycles. The number of amides is 3. The number of aryl methyl sites for hydroxylation is 2. The Hall–Kier alpha value is -3.77. The van der Waals surface area contributed by atoms with Crippen LogP contribution in [0.3, 0.4) is 0 Å². The Morgan fingerprint density at radius 3 is 2.76 bits per heavy atom. The molecular weight excluding hydrogens is 460 g/mol. The number of hydrogen-bond donors (Lipinski definition) is 4. The molecule has 0 aliphatic rings. The van der Waals surface area contributed by atoms with Crippen molar-refractivity contribution in [3.8, 4) is 21.1 Å². The molecule has 4 aromatic rings. The Kier molecular flexibility index (Phi) is 6.38. The van der Waals surface area contributed by atoms with Gasteiger partial charge in [-0.15, -0.1) is 11.3 Å². The van der Waals surface area contributed by atoms with Crippen LogP contribution in [0.2, 0.25) is 0 Å². The van der Waals surface area contributed by atoms with E-state index in [0.717, 1.165) is 17.0 Å². The van der Waals surface area contributed by atoms with E-state index in [-0.39, 0.29) is 11.9 Å². The highest BCUT2D eigenvalue weighted by Crippen LogP contribution is 2.38. The van der Waals surface area contributed by atoms with Gasteiger partial charge in [-0.2, -0.15) is 5.10 Å². The smallest absolute Gasteiger partial charge is 0.320 e. The molecule has 0 unspecified atom stereocenters. The third-order valence-corrected chi connectivity index (χ3v) is 6.63. The molecule has 0 saturated carbocycles. The summed E-state index contributed by atoms with van der Waals surface area (Å²) in [6.07, 6.45) is 0. The summed E-state index contributed by atoms with van der Waals surface area (Å²) in [6, 6.07) is 8.87. The number of urea groups is 1. The van der Waals surface area contributed by atoms with E-state index < -0.39 is 0 Å². The second-order valence-corrected chi connectivity index (χ2v) is 8.85. The minimum Gasteiger partial charge on any atom is -0.382 e. The summed E-state index contributed by atoms with van der Waals surface area (Å²) in [5.74, 6) is 0.0818.